The molecule has 39 heavy (non-hydrogen) atoms. The monoisotopic (exact) mass is 560 g/mol. The van der Waals surface area contributed by atoms with Gasteiger partial charge in [-0.05, 0) is 84.7 Å². The van der Waals surface area contributed by atoms with Crippen LogP contribution >= 0.6 is 22.9 Å². The molecule has 0 saturated carbocycles. The van der Waals surface area contributed by atoms with E-state index in [1.54, 1.807) is 72.1 Å². The molecule has 1 aliphatic carbocycles. The number of nitrogens with zero attached hydrogens (tertiary/aromatic N) is 1. The molecule has 2 aromatic carbocycles. The Morgan fingerprint density at radius 3 is 2.46 bits per heavy atom. The van der Waals surface area contributed by atoms with E-state index in [9.17, 15) is 9.59 Å². The maximum absolute atomic E-state index is 13.5. The van der Waals surface area contributed by atoms with Gasteiger partial charge >= 0.3 is 5.97 Å². The second-order valence-corrected chi connectivity index (χ2v) is 12.3. The summed E-state index contributed by atoms with van der Waals surface area (Å²) in [6.45, 7) is 6.81. The quantitative estimate of drug-likeness (QED) is 0.231. The van der Waals surface area contributed by atoms with Crippen molar-refractivity contribution < 1.29 is 19.1 Å². The minimum absolute atomic E-state index is 0.185. The van der Waals surface area contributed by atoms with E-state index in [2.05, 4.69) is 26.1 Å². The van der Waals surface area contributed by atoms with Gasteiger partial charge in [-0.15, -0.1) is 11.3 Å². The number of fused-ring (bicyclic) bond motifs is 1. The predicted octanol–water partition coefficient (Wildman–Crippen LogP) is 8.51. The average Bonchev–Trinajstić information content (AvgIpc) is 3.52. The number of thiophene rings is 1. The first-order valence-corrected chi connectivity index (χ1v) is 14.0. The van der Waals surface area contributed by atoms with Gasteiger partial charge in [0.1, 0.15) is 16.5 Å². The molecular weight excluding hydrogens is 532 g/mol. The van der Waals surface area contributed by atoms with E-state index in [4.69, 9.17) is 26.1 Å². The van der Waals surface area contributed by atoms with Crippen LogP contribution < -0.4 is 5.32 Å². The molecule has 0 bridgehead atoms. The van der Waals surface area contributed by atoms with E-state index in [-0.39, 0.29) is 16.9 Å². The third-order valence-electron chi connectivity index (χ3n) is 7.15. The van der Waals surface area contributed by atoms with Crippen LogP contribution in [-0.4, -0.2) is 23.2 Å². The van der Waals surface area contributed by atoms with Gasteiger partial charge in [-0.2, -0.15) is 0 Å². The van der Waals surface area contributed by atoms with E-state index in [0.29, 0.717) is 38.7 Å². The number of carboxylic acid groups (broad SMARTS) is 1. The number of rotatable bonds is 6. The lowest BCUT2D eigenvalue weighted by molar-refractivity contribution is 0.0696. The first-order valence-electron chi connectivity index (χ1n) is 12.8. The highest BCUT2D eigenvalue weighted by molar-refractivity contribution is 7.16. The minimum atomic E-state index is -0.975. The first-order chi connectivity index (χ1) is 18.6. The molecule has 2 aromatic heterocycles. The molecular formula is C31H29ClN2O4S. The third kappa shape index (κ3) is 6.00. The first kappa shape index (κ1) is 26.9. The van der Waals surface area contributed by atoms with E-state index in [1.807, 2.05) is 6.07 Å². The molecule has 0 spiro atoms. The van der Waals surface area contributed by atoms with Gasteiger partial charge in [-0.25, -0.2) is 9.79 Å². The Bertz CT molecular complexity index is 1540. The zero-order chi connectivity index (χ0) is 27.7. The van der Waals surface area contributed by atoms with Gasteiger partial charge < -0.3 is 14.8 Å². The summed E-state index contributed by atoms with van der Waals surface area (Å²) in [5.74, 6) is 0.516. The van der Waals surface area contributed by atoms with Crippen LogP contribution in [0.2, 0.25) is 5.02 Å². The number of furan rings is 1. The van der Waals surface area contributed by atoms with Crippen LogP contribution in [0.5, 0.6) is 0 Å². The maximum atomic E-state index is 13.5. The fourth-order valence-electron chi connectivity index (χ4n) is 4.84. The van der Waals surface area contributed by atoms with Crippen LogP contribution in [-0.2, 0) is 12.8 Å². The summed E-state index contributed by atoms with van der Waals surface area (Å²) < 4.78 is 5.96. The van der Waals surface area contributed by atoms with Crippen molar-refractivity contribution >= 4 is 51.7 Å². The van der Waals surface area contributed by atoms with Gasteiger partial charge in [-0.3, -0.25) is 4.79 Å². The summed E-state index contributed by atoms with van der Waals surface area (Å²) in [7, 11) is 0. The van der Waals surface area contributed by atoms with Crippen LogP contribution in [0.25, 0.3) is 11.3 Å². The van der Waals surface area contributed by atoms with Crippen molar-refractivity contribution in [3.8, 4) is 11.3 Å². The van der Waals surface area contributed by atoms with Crippen molar-refractivity contribution in [1.82, 2.24) is 0 Å². The SMILES string of the molecule is CC(C)(C)[C@@H]1CCc2c(sc(N=Cc3ccc(-c4ccc(C(=O)O)cc4)o3)c2C(=O)Nc2ccc(Cl)cc2)C1. The van der Waals surface area contributed by atoms with Crippen molar-refractivity contribution in [1.29, 1.82) is 0 Å². The minimum Gasteiger partial charge on any atom is -0.478 e. The molecule has 1 amide bonds. The molecule has 0 unspecified atom stereocenters. The molecule has 0 aliphatic heterocycles. The maximum Gasteiger partial charge on any atom is 0.335 e. The van der Waals surface area contributed by atoms with E-state index in [0.717, 1.165) is 30.4 Å². The molecule has 200 valence electrons. The van der Waals surface area contributed by atoms with Crippen molar-refractivity contribution in [3.63, 3.8) is 0 Å². The number of aliphatic imine (C=N–C) groups is 1. The number of carbonyl (C=O) groups is 2. The number of aromatic carboxylic acids is 1. The van der Waals surface area contributed by atoms with E-state index >= 15 is 0 Å². The molecule has 1 atom stereocenters. The number of hydrogen-bond donors (Lipinski definition) is 2. The topological polar surface area (TPSA) is 91.9 Å². The third-order valence-corrected chi connectivity index (χ3v) is 8.57. The fourth-order valence-corrected chi connectivity index (χ4v) is 6.23. The highest BCUT2D eigenvalue weighted by atomic mass is 35.5. The second-order valence-electron chi connectivity index (χ2n) is 10.8. The number of carboxylic acids is 1. The number of amides is 1. The van der Waals surface area contributed by atoms with Crippen LogP contribution in [0.4, 0.5) is 10.7 Å². The number of carbonyl (C=O) groups excluding carboxylic acids is 1. The number of hydrogen-bond acceptors (Lipinski definition) is 5. The summed E-state index contributed by atoms with van der Waals surface area (Å²) in [5.41, 5.74) is 3.54. The van der Waals surface area contributed by atoms with Crippen molar-refractivity contribution in [2.24, 2.45) is 16.3 Å². The Labute approximate surface area is 236 Å². The number of halogens is 1. The lowest BCUT2D eigenvalue weighted by Gasteiger charge is -2.33. The van der Waals surface area contributed by atoms with Crippen molar-refractivity contribution in [3.05, 3.63) is 93.0 Å². The van der Waals surface area contributed by atoms with Gasteiger partial charge in [-0.1, -0.05) is 44.5 Å². The van der Waals surface area contributed by atoms with Crippen LogP contribution in [0.3, 0.4) is 0 Å². The summed E-state index contributed by atoms with van der Waals surface area (Å²) in [6, 6.07) is 17.2. The van der Waals surface area contributed by atoms with E-state index < -0.39 is 5.97 Å². The Morgan fingerprint density at radius 2 is 1.79 bits per heavy atom. The molecule has 2 heterocycles. The van der Waals surface area contributed by atoms with Gasteiger partial charge in [0, 0.05) is 21.2 Å². The second kappa shape index (κ2) is 10.8. The highest BCUT2D eigenvalue weighted by Gasteiger charge is 2.33. The van der Waals surface area contributed by atoms with Crippen LogP contribution in [0, 0.1) is 11.3 Å². The van der Waals surface area contributed by atoms with Crippen molar-refractivity contribution in [2.45, 2.75) is 40.0 Å². The Hall–Kier alpha value is -3.68. The molecule has 5 rings (SSSR count). The zero-order valence-electron chi connectivity index (χ0n) is 22.0. The lowest BCUT2D eigenvalue weighted by atomic mass is 9.72. The standard InChI is InChI=1S/C31H29ClN2O4S/c1-31(2,3)20-8-14-24-26(16-20)39-29(27(24)28(35)34-22-11-9-21(32)10-12-22)33-17-23-13-15-25(38-23)18-4-6-19(7-5-18)30(36)37/h4-7,9-13,15,17,20H,8,14,16H2,1-3H3,(H,34,35)(H,36,37)/t20-/m1/s1. The highest BCUT2D eigenvalue weighted by Crippen LogP contribution is 2.45. The lowest BCUT2D eigenvalue weighted by Crippen LogP contribution is -2.27. The predicted molar refractivity (Wildman–Crippen MR) is 157 cm³/mol. The van der Waals surface area contributed by atoms with Crippen molar-refractivity contribution in [2.75, 3.05) is 5.32 Å². The zero-order valence-corrected chi connectivity index (χ0v) is 23.5. The Morgan fingerprint density at radius 1 is 1.08 bits per heavy atom. The molecule has 1 aliphatic rings. The van der Waals surface area contributed by atoms with Gasteiger partial charge in [0.05, 0.1) is 17.3 Å². The summed E-state index contributed by atoms with van der Waals surface area (Å²) in [6.07, 6.45) is 4.42. The average molecular weight is 561 g/mol. The van der Waals surface area contributed by atoms with Crippen LogP contribution in [0.15, 0.2) is 70.1 Å². The largest absolute Gasteiger partial charge is 0.478 e. The van der Waals surface area contributed by atoms with Gasteiger partial charge in [0.25, 0.3) is 5.91 Å². The molecule has 2 N–H and O–H groups in total. The molecule has 4 aromatic rings. The van der Waals surface area contributed by atoms with Gasteiger partial charge in [0.2, 0.25) is 0 Å². The molecule has 8 heteroatoms. The normalized spacial score (nSPS) is 15.3. The summed E-state index contributed by atoms with van der Waals surface area (Å²) in [5, 5.41) is 13.4. The molecule has 0 saturated heterocycles. The van der Waals surface area contributed by atoms with Gasteiger partial charge in [0.15, 0.2) is 0 Å². The molecule has 6 nitrogen and oxygen atoms in total. The van der Waals surface area contributed by atoms with Crippen LogP contribution in [0.1, 0.15) is 64.1 Å². The number of nitrogens with one attached hydrogen (secondary N) is 1. The summed E-state index contributed by atoms with van der Waals surface area (Å²) >= 11 is 7.59. The summed E-state index contributed by atoms with van der Waals surface area (Å²) in [4.78, 5) is 30.6. The Kier molecular flexibility index (Phi) is 7.47. The number of benzene rings is 2. The fraction of sp³-hybridized carbons (Fsp3) is 0.258. The Balaban J connectivity index is 1.44. The smallest absolute Gasteiger partial charge is 0.335 e. The molecule has 0 fully saturated rings. The number of anilines is 1. The van der Waals surface area contributed by atoms with E-state index in [1.165, 1.54) is 4.88 Å². The molecule has 0 radical (unpaired) electrons.